The maximum Gasteiger partial charge on any atom is 0.0540 e. The number of hydrogen-bond donors (Lipinski definition) is 0. The number of nitrogens with zero attached hydrogens (tertiary/aromatic N) is 1. The molecule has 9 aromatic rings. The Bertz CT molecular complexity index is 3190. The van der Waals surface area contributed by atoms with Gasteiger partial charge in [0.05, 0.1) is 5.69 Å². The summed E-state index contributed by atoms with van der Waals surface area (Å²) in [6, 6.07) is 76.3. The Labute approximate surface area is 365 Å². The number of hydrogen-bond acceptors (Lipinski definition) is 1. The Hall–Kier alpha value is -7.48. The predicted octanol–water partition coefficient (Wildman–Crippen LogP) is 17.0. The number of allylic oxidation sites excluding steroid dienone is 4. The van der Waals surface area contributed by atoms with Gasteiger partial charge in [0.25, 0.3) is 0 Å². The van der Waals surface area contributed by atoms with Gasteiger partial charge < -0.3 is 4.90 Å². The Morgan fingerprint density at radius 3 is 1.85 bits per heavy atom. The molecule has 11 rings (SSSR count). The Balaban J connectivity index is 1.03. The van der Waals surface area contributed by atoms with E-state index < -0.39 is 0 Å². The monoisotopic (exact) mass is 793 g/mol. The number of benzene rings is 9. The van der Waals surface area contributed by atoms with Gasteiger partial charge >= 0.3 is 0 Å². The first-order valence-electron chi connectivity index (χ1n) is 21.9. The van der Waals surface area contributed by atoms with Crippen molar-refractivity contribution in [3.05, 3.63) is 241 Å². The first-order chi connectivity index (χ1) is 30.5. The Morgan fingerprint density at radius 1 is 0.419 bits per heavy atom. The summed E-state index contributed by atoms with van der Waals surface area (Å²) in [4.78, 5) is 2.44. The highest BCUT2D eigenvalue weighted by Crippen LogP contribution is 2.52. The Morgan fingerprint density at radius 2 is 1.02 bits per heavy atom. The first-order valence-corrected chi connectivity index (χ1v) is 21.9. The molecule has 1 heteroatoms. The van der Waals surface area contributed by atoms with Gasteiger partial charge in [0.15, 0.2) is 0 Å². The average Bonchev–Trinajstić information content (AvgIpc) is 3.58. The molecular weight excluding hydrogens is 747 g/mol. The SMILES string of the molecule is CC1(C)c2ccccc2-c2cccc(-c3ccc(N(c4cccc(-c5cccc(-c6cccc7ccccc67)c5)c4)c4ccccc4-c4ccc(C5=CC=CCC5)cc4)cc3)c21. The second-order valence-corrected chi connectivity index (χ2v) is 17.2. The van der Waals surface area contributed by atoms with Gasteiger partial charge in [-0.1, -0.05) is 202 Å². The molecule has 0 aliphatic heterocycles. The fourth-order valence-electron chi connectivity index (χ4n) is 10.1. The van der Waals surface area contributed by atoms with Gasteiger partial charge in [0.2, 0.25) is 0 Å². The molecule has 296 valence electrons. The van der Waals surface area contributed by atoms with E-state index in [1.54, 1.807) is 0 Å². The maximum atomic E-state index is 2.44. The zero-order valence-corrected chi connectivity index (χ0v) is 35.2. The number of para-hydroxylation sites is 1. The van der Waals surface area contributed by atoms with Crippen LogP contribution in [-0.2, 0) is 5.41 Å². The summed E-state index contributed by atoms with van der Waals surface area (Å²) in [6.07, 6.45) is 8.86. The van der Waals surface area contributed by atoms with Crippen LogP contribution in [0.4, 0.5) is 17.1 Å². The van der Waals surface area contributed by atoms with Gasteiger partial charge in [-0.15, -0.1) is 0 Å². The van der Waals surface area contributed by atoms with Crippen LogP contribution in [0.1, 0.15) is 43.4 Å². The van der Waals surface area contributed by atoms with E-state index in [9.17, 15) is 0 Å². The summed E-state index contributed by atoms with van der Waals surface area (Å²) in [5.74, 6) is 0. The van der Waals surface area contributed by atoms with E-state index in [1.165, 1.54) is 88.7 Å². The lowest BCUT2D eigenvalue weighted by atomic mass is 9.79. The highest BCUT2D eigenvalue weighted by molar-refractivity contribution is 5.98. The van der Waals surface area contributed by atoms with Crippen LogP contribution in [0, 0.1) is 0 Å². The highest BCUT2D eigenvalue weighted by Gasteiger charge is 2.37. The molecule has 0 saturated carbocycles. The molecule has 0 fully saturated rings. The minimum Gasteiger partial charge on any atom is -0.310 e. The van der Waals surface area contributed by atoms with Crippen LogP contribution in [0.15, 0.2) is 224 Å². The van der Waals surface area contributed by atoms with Crippen LogP contribution in [0.2, 0.25) is 0 Å². The predicted molar refractivity (Wildman–Crippen MR) is 264 cm³/mol. The van der Waals surface area contributed by atoms with Crippen molar-refractivity contribution < 1.29 is 0 Å². The third-order valence-corrected chi connectivity index (χ3v) is 13.1. The second-order valence-electron chi connectivity index (χ2n) is 17.2. The molecule has 0 saturated heterocycles. The smallest absolute Gasteiger partial charge is 0.0540 e. The number of fused-ring (bicyclic) bond motifs is 4. The van der Waals surface area contributed by atoms with Crippen molar-refractivity contribution in [1.29, 1.82) is 0 Å². The molecule has 1 nitrogen and oxygen atoms in total. The molecule has 2 aliphatic carbocycles. The van der Waals surface area contributed by atoms with Crippen molar-refractivity contribution in [3.63, 3.8) is 0 Å². The van der Waals surface area contributed by atoms with Gasteiger partial charge in [0.1, 0.15) is 0 Å². The van der Waals surface area contributed by atoms with E-state index >= 15 is 0 Å². The Kier molecular flexibility index (Phi) is 9.39. The molecule has 0 radical (unpaired) electrons. The number of anilines is 3. The van der Waals surface area contributed by atoms with Crippen molar-refractivity contribution in [1.82, 2.24) is 0 Å². The first kappa shape index (κ1) is 37.5. The van der Waals surface area contributed by atoms with Gasteiger partial charge in [-0.2, -0.15) is 0 Å². The fourth-order valence-corrected chi connectivity index (χ4v) is 10.1. The maximum absolute atomic E-state index is 2.44. The molecule has 0 N–H and O–H groups in total. The summed E-state index contributed by atoms with van der Waals surface area (Å²) in [5.41, 5.74) is 21.1. The largest absolute Gasteiger partial charge is 0.310 e. The van der Waals surface area contributed by atoms with Crippen LogP contribution < -0.4 is 4.90 Å². The summed E-state index contributed by atoms with van der Waals surface area (Å²) < 4.78 is 0. The van der Waals surface area contributed by atoms with Crippen LogP contribution >= 0.6 is 0 Å². The lowest BCUT2D eigenvalue weighted by Gasteiger charge is -2.29. The highest BCUT2D eigenvalue weighted by atomic mass is 15.1. The normalized spacial score (nSPS) is 13.7. The van der Waals surface area contributed by atoms with Gasteiger partial charge in [-0.25, -0.2) is 0 Å². The third kappa shape index (κ3) is 6.58. The lowest BCUT2D eigenvalue weighted by Crippen LogP contribution is -2.16. The zero-order chi connectivity index (χ0) is 41.6. The molecule has 0 bridgehead atoms. The second kappa shape index (κ2) is 15.5. The fraction of sp³-hybridized carbons (Fsp3) is 0.0820. The van der Waals surface area contributed by atoms with Gasteiger partial charge in [-0.05, 0) is 132 Å². The van der Waals surface area contributed by atoms with Crippen LogP contribution in [0.25, 0.3) is 72.0 Å². The van der Waals surface area contributed by atoms with E-state index in [0.29, 0.717) is 0 Å². The molecular formula is C61H47N. The van der Waals surface area contributed by atoms with Crippen molar-refractivity contribution in [2.24, 2.45) is 0 Å². The average molecular weight is 794 g/mol. The summed E-state index contributed by atoms with van der Waals surface area (Å²) in [5, 5.41) is 2.52. The van der Waals surface area contributed by atoms with Crippen molar-refractivity contribution in [2.45, 2.75) is 32.1 Å². The number of rotatable bonds is 8. The van der Waals surface area contributed by atoms with E-state index in [2.05, 4.69) is 243 Å². The molecule has 0 heterocycles. The minimum atomic E-state index is -0.0999. The third-order valence-electron chi connectivity index (χ3n) is 13.1. The van der Waals surface area contributed by atoms with Crippen LogP contribution in [-0.4, -0.2) is 0 Å². The van der Waals surface area contributed by atoms with E-state index in [1.807, 2.05) is 0 Å². The molecule has 0 unspecified atom stereocenters. The molecule has 2 aliphatic rings. The van der Waals surface area contributed by atoms with E-state index in [4.69, 9.17) is 0 Å². The molecule has 9 aromatic carbocycles. The summed E-state index contributed by atoms with van der Waals surface area (Å²) in [6.45, 7) is 4.74. The standard InChI is InChI=1S/C61H47N/c1-61(2)58-30-10-8-26-56(58)57-29-15-28-55(60(57)61)46-36-38-50(39-37-46)62(59-31-11-9-25-54(59)45-34-32-43(33-35-45)42-16-4-3-5-17-42)51-23-13-21-48(41-51)47-20-12-22-49(40-47)53-27-14-19-44-18-6-7-24-52(44)53/h3-4,6-16,18-41H,5,17H2,1-2H3. The minimum absolute atomic E-state index is 0.0999. The zero-order valence-electron chi connectivity index (χ0n) is 35.2. The van der Waals surface area contributed by atoms with Crippen molar-refractivity contribution in [2.75, 3.05) is 4.90 Å². The van der Waals surface area contributed by atoms with Gasteiger partial charge in [0, 0.05) is 22.4 Å². The molecule has 0 atom stereocenters. The molecule has 62 heavy (non-hydrogen) atoms. The lowest BCUT2D eigenvalue weighted by molar-refractivity contribution is 0.662. The van der Waals surface area contributed by atoms with Crippen LogP contribution in [0.5, 0.6) is 0 Å². The summed E-state index contributed by atoms with van der Waals surface area (Å²) in [7, 11) is 0. The molecule has 0 aromatic heterocycles. The van der Waals surface area contributed by atoms with Gasteiger partial charge in [-0.3, -0.25) is 0 Å². The molecule has 0 spiro atoms. The van der Waals surface area contributed by atoms with E-state index in [-0.39, 0.29) is 5.41 Å². The topological polar surface area (TPSA) is 3.24 Å². The summed E-state index contributed by atoms with van der Waals surface area (Å²) >= 11 is 0. The van der Waals surface area contributed by atoms with Crippen LogP contribution in [0.3, 0.4) is 0 Å². The van der Waals surface area contributed by atoms with Crippen molar-refractivity contribution >= 4 is 33.4 Å². The van der Waals surface area contributed by atoms with Crippen molar-refractivity contribution in [3.8, 4) is 55.6 Å². The quantitative estimate of drug-likeness (QED) is 0.148. The van der Waals surface area contributed by atoms with E-state index in [0.717, 1.165) is 29.9 Å². The molecule has 0 amide bonds.